The molecule has 0 fully saturated rings. The molecule has 6 nitrogen and oxygen atoms in total. The van der Waals surface area contributed by atoms with Gasteiger partial charge in [-0.2, -0.15) is 31.0 Å². The maximum atomic E-state index is 11.9. The number of carboxylic acid groups (broad SMARTS) is 1. The lowest BCUT2D eigenvalue weighted by atomic mass is 10.3. The zero-order chi connectivity index (χ0) is 16.1. The van der Waals surface area contributed by atoms with Gasteiger partial charge in [0, 0.05) is 17.5 Å². The first kappa shape index (κ1) is 17.6. The number of thiophene rings is 1. The molecule has 0 amide bonds. The number of rotatable bonds is 7. The van der Waals surface area contributed by atoms with E-state index in [0.717, 1.165) is 17.4 Å². The van der Waals surface area contributed by atoms with E-state index < -0.39 is 28.9 Å². The van der Waals surface area contributed by atoms with Gasteiger partial charge in [-0.25, -0.2) is 4.79 Å². The molecule has 0 aliphatic rings. The van der Waals surface area contributed by atoms with Crippen molar-refractivity contribution in [3.63, 3.8) is 0 Å². The fourth-order valence-corrected chi connectivity index (χ4v) is 2.83. The van der Waals surface area contributed by atoms with Gasteiger partial charge in [0.25, 0.3) is 10.2 Å². The largest absolute Gasteiger partial charge is 0.478 e. The van der Waals surface area contributed by atoms with E-state index >= 15 is 0 Å². The highest BCUT2D eigenvalue weighted by Crippen LogP contribution is 2.16. The van der Waals surface area contributed by atoms with Crippen LogP contribution >= 0.6 is 11.3 Å². The molecule has 0 spiro atoms. The van der Waals surface area contributed by atoms with Crippen molar-refractivity contribution >= 4 is 33.6 Å². The van der Waals surface area contributed by atoms with E-state index in [1.165, 1.54) is 16.9 Å². The quantitative estimate of drug-likeness (QED) is 0.650. The predicted molar refractivity (Wildman–Crippen MR) is 70.8 cm³/mol. The molecule has 21 heavy (non-hydrogen) atoms. The maximum absolute atomic E-state index is 11.9. The van der Waals surface area contributed by atoms with E-state index in [4.69, 9.17) is 5.11 Å². The van der Waals surface area contributed by atoms with Gasteiger partial charge >= 0.3 is 12.1 Å². The van der Waals surface area contributed by atoms with Crippen LogP contribution in [0, 0.1) is 0 Å². The van der Waals surface area contributed by atoms with Gasteiger partial charge < -0.3 is 5.11 Å². The number of hydrogen-bond donors (Lipinski definition) is 3. The highest BCUT2D eigenvalue weighted by Gasteiger charge is 2.29. The molecule has 1 rings (SSSR count). The van der Waals surface area contributed by atoms with Gasteiger partial charge in [0.15, 0.2) is 0 Å². The first-order valence-electron chi connectivity index (χ1n) is 5.37. The second kappa shape index (κ2) is 7.02. The smallest absolute Gasteiger partial charge is 0.402 e. The molecule has 0 bridgehead atoms. The number of carbonyl (C=O) groups is 1. The second-order valence-electron chi connectivity index (χ2n) is 3.78. The summed E-state index contributed by atoms with van der Waals surface area (Å²) in [5.74, 6) is -1.13. The first-order valence-corrected chi connectivity index (χ1v) is 7.73. The van der Waals surface area contributed by atoms with Gasteiger partial charge in [-0.1, -0.05) is 0 Å². The molecule has 0 aromatic carbocycles. The van der Waals surface area contributed by atoms with Gasteiger partial charge in [0.05, 0.1) is 0 Å². The first-order chi connectivity index (χ1) is 9.57. The lowest BCUT2D eigenvalue weighted by Gasteiger charge is -2.09. The summed E-state index contributed by atoms with van der Waals surface area (Å²) in [6, 6.07) is 1.52. The van der Waals surface area contributed by atoms with E-state index in [-0.39, 0.29) is 6.54 Å². The number of halogens is 3. The van der Waals surface area contributed by atoms with Crippen LogP contribution in [0.3, 0.4) is 0 Å². The fourth-order valence-electron chi connectivity index (χ4n) is 1.14. The maximum Gasteiger partial charge on any atom is 0.402 e. The van der Waals surface area contributed by atoms with Crippen LogP contribution in [0.2, 0.25) is 0 Å². The highest BCUT2D eigenvalue weighted by atomic mass is 32.2. The van der Waals surface area contributed by atoms with Gasteiger partial charge in [0.2, 0.25) is 0 Å². The van der Waals surface area contributed by atoms with Crippen LogP contribution < -0.4 is 9.44 Å². The summed E-state index contributed by atoms with van der Waals surface area (Å²) in [5.41, 5.74) is 0.555. The Kier molecular flexibility index (Phi) is 5.89. The minimum atomic E-state index is -4.63. The van der Waals surface area contributed by atoms with Crippen molar-refractivity contribution in [2.45, 2.75) is 12.7 Å². The summed E-state index contributed by atoms with van der Waals surface area (Å²) >= 11 is 1.14. The molecule has 0 radical (unpaired) electrons. The van der Waals surface area contributed by atoms with E-state index in [0.29, 0.717) is 10.4 Å². The Labute approximate surface area is 122 Å². The normalized spacial score (nSPS) is 12.9. The van der Waals surface area contributed by atoms with Crippen LogP contribution in [0.1, 0.15) is 10.4 Å². The summed E-state index contributed by atoms with van der Waals surface area (Å²) in [6.07, 6.45) is -2.40. The molecule has 1 aromatic heterocycles. The van der Waals surface area contributed by atoms with Gasteiger partial charge in [-0.05, 0) is 23.1 Å². The van der Waals surface area contributed by atoms with Crippen LogP contribution in [-0.2, 0) is 21.5 Å². The van der Waals surface area contributed by atoms with Crippen LogP contribution in [0.5, 0.6) is 0 Å². The molecule has 0 aliphatic carbocycles. The molecule has 0 unspecified atom stereocenters. The van der Waals surface area contributed by atoms with Crippen LogP contribution in [0.15, 0.2) is 17.5 Å². The minimum absolute atomic E-state index is 0.196. The summed E-state index contributed by atoms with van der Waals surface area (Å²) < 4.78 is 61.5. The predicted octanol–water partition coefficient (Wildman–Crippen LogP) is 1.33. The molecule has 11 heteroatoms. The van der Waals surface area contributed by atoms with Crippen LogP contribution in [0.4, 0.5) is 13.2 Å². The van der Waals surface area contributed by atoms with Crippen molar-refractivity contribution in [1.82, 2.24) is 9.44 Å². The third-order valence-electron chi connectivity index (χ3n) is 1.99. The third-order valence-corrected chi connectivity index (χ3v) is 4.00. The zero-order valence-corrected chi connectivity index (χ0v) is 12.0. The van der Waals surface area contributed by atoms with Crippen LogP contribution in [0.25, 0.3) is 6.08 Å². The molecule has 3 N–H and O–H groups in total. The molecule has 0 saturated heterocycles. The van der Waals surface area contributed by atoms with Gasteiger partial charge in [-0.15, -0.1) is 11.3 Å². The number of carboxylic acids is 1. The highest BCUT2D eigenvalue weighted by molar-refractivity contribution is 7.87. The van der Waals surface area contributed by atoms with Crippen molar-refractivity contribution in [3.8, 4) is 0 Å². The average Bonchev–Trinajstić information content (AvgIpc) is 2.79. The molecule has 0 saturated carbocycles. The topological polar surface area (TPSA) is 95.5 Å². The Bertz CT molecular complexity index is 622. The zero-order valence-electron chi connectivity index (χ0n) is 10.3. The molecular weight excluding hydrogens is 333 g/mol. The van der Waals surface area contributed by atoms with E-state index in [2.05, 4.69) is 0 Å². The Morgan fingerprint density at radius 3 is 2.62 bits per heavy atom. The Morgan fingerprint density at radius 2 is 2.05 bits per heavy atom. The Hall–Kier alpha value is -1.43. The summed E-state index contributed by atoms with van der Waals surface area (Å²) in [7, 11) is -4.25. The molecule has 118 valence electrons. The molecular formula is C10H11F3N2O4S2. The average molecular weight is 344 g/mol. The minimum Gasteiger partial charge on any atom is -0.478 e. The molecule has 1 aromatic rings. The fraction of sp³-hybridized carbons (Fsp3) is 0.300. The lowest BCUT2D eigenvalue weighted by molar-refractivity contribution is -0.131. The lowest BCUT2D eigenvalue weighted by Crippen LogP contribution is -2.41. The van der Waals surface area contributed by atoms with E-state index in [1.54, 1.807) is 5.38 Å². The van der Waals surface area contributed by atoms with Gasteiger partial charge in [0.1, 0.15) is 6.54 Å². The summed E-state index contributed by atoms with van der Waals surface area (Å²) in [5, 5.41) is 10.0. The Balaban J connectivity index is 2.53. The van der Waals surface area contributed by atoms with Crippen molar-refractivity contribution < 1.29 is 31.5 Å². The summed E-state index contributed by atoms with van der Waals surface area (Å²) in [6.45, 7) is -1.85. The van der Waals surface area contributed by atoms with Crippen LogP contribution in [-0.4, -0.2) is 32.2 Å². The second-order valence-corrected chi connectivity index (χ2v) is 6.36. The van der Waals surface area contributed by atoms with Crippen molar-refractivity contribution in [1.29, 1.82) is 0 Å². The monoisotopic (exact) mass is 344 g/mol. The molecule has 0 atom stereocenters. The Morgan fingerprint density at radius 1 is 1.38 bits per heavy atom. The summed E-state index contributed by atoms with van der Waals surface area (Å²) in [4.78, 5) is 10.8. The SMILES string of the molecule is O=C(O)/C=C/c1csc(CNS(=O)(=O)NCC(F)(F)F)c1. The number of alkyl halides is 3. The number of nitrogens with one attached hydrogen (secondary N) is 2. The van der Waals surface area contributed by atoms with Gasteiger partial charge in [-0.3, -0.25) is 0 Å². The number of aliphatic carboxylic acids is 1. The third kappa shape index (κ3) is 7.80. The molecule has 0 aliphatic heterocycles. The number of hydrogen-bond acceptors (Lipinski definition) is 4. The standard InChI is InChI=1S/C10H11F3N2O4S2/c11-10(12,13)6-15-21(18,19)14-4-8-3-7(5-20-8)1-2-9(16)17/h1-3,5,14-15H,4,6H2,(H,16,17)/b2-1+. The van der Waals surface area contributed by atoms with E-state index in [1.807, 2.05) is 4.72 Å². The van der Waals surface area contributed by atoms with Crippen molar-refractivity contribution in [3.05, 3.63) is 28.0 Å². The molecule has 1 heterocycles. The van der Waals surface area contributed by atoms with Crippen molar-refractivity contribution in [2.24, 2.45) is 0 Å². The van der Waals surface area contributed by atoms with E-state index in [9.17, 15) is 26.4 Å². The van der Waals surface area contributed by atoms with Crippen molar-refractivity contribution in [2.75, 3.05) is 6.54 Å².